The highest BCUT2D eigenvalue weighted by atomic mass is 35.5. The quantitative estimate of drug-likeness (QED) is 0.313. The normalized spacial score (nSPS) is 17.1. The first kappa shape index (κ1) is 31.5. The molecule has 0 aromatic heterocycles. The van der Waals surface area contributed by atoms with E-state index in [1.54, 1.807) is 23.1 Å². The fourth-order valence-electron chi connectivity index (χ4n) is 5.90. The second kappa shape index (κ2) is 14.3. The smallest absolute Gasteiger partial charge is 0.246 e. The predicted octanol–water partition coefficient (Wildman–Crippen LogP) is 4.66. The minimum Gasteiger partial charge on any atom is -0.368 e. The fraction of sp³-hybridized carbons (Fsp3) is 0.353. The van der Waals surface area contributed by atoms with Gasteiger partial charge in [-0.2, -0.15) is 0 Å². The van der Waals surface area contributed by atoms with Gasteiger partial charge in [0, 0.05) is 35.1 Å². The number of nitrogens with two attached hydrogens (primary N) is 1. The van der Waals surface area contributed by atoms with E-state index < -0.39 is 17.9 Å². The summed E-state index contributed by atoms with van der Waals surface area (Å²) in [4.78, 5) is 58.0. The summed E-state index contributed by atoms with van der Waals surface area (Å²) in [6, 6.07) is 24.1. The highest BCUT2D eigenvalue weighted by molar-refractivity contribution is 6.35. The Hall–Kier alpha value is -3.88. The first-order chi connectivity index (χ1) is 21.2. The lowest BCUT2D eigenvalue weighted by atomic mass is 9.88. The molecular weight excluding hydrogens is 599 g/mol. The molecule has 0 bridgehead atoms. The topological polar surface area (TPSA) is 104 Å². The molecule has 0 spiro atoms. The molecule has 1 heterocycles. The van der Waals surface area contributed by atoms with Crippen LogP contribution in [0.25, 0.3) is 0 Å². The van der Waals surface area contributed by atoms with E-state index in [2.05, 4.69) is 24.3 Å². The molecule has 230 valence electrons. The van der Waals surface area contributed by atoms with E-state index >= 15 is 0 Å². The van der Waals surface area contributed by atoms with Crippen LogP contribution in [-0.4, -0.2) is 76.6 Å². The van der Waals surface area contributed by atoms with Gasteiger partial charge in [-0.1, -0.05) is 89.9 Å². The maximum atomic E-state index is 14.0. The summed E-state index contributed by atoms with van der Waals surface area (Å²) in [7, 11) is 0. The third kappa shape index (κ3) is 7.79. The molecule has 44 heavy (non-hydrogen) atoms. The average molecular weight is 636 g/mol. The molecular formula is C34H36Cl2N4O4. The Morgan fingerprint density at radius 3 is 2.09 bits per heavy atom. The van der Waals surface area contributed by atoms with Gasteiger partial charge in [-0.25, -0.2) is 0 Å². The van der Waals surface area contributed by atoms with Crippen LogP contribution >= 0.6 is 23.2 Å². The van der Waals surface area contributed by atoms with Crippen LogP contribution in [0.15, 0.2) is 78.9 Å². The first-order valence-electron chi connectivity index (χ1n) is 14.9. The molecule has 8 nitrogen and oxygen atoms in total. The Kier molecular flexibility index (Phi) is 10.2. The highest BCUT2D eigenvalue weighted by Crippen LogP contribution is 2.32. The Bertz CT molecular complexity index is 1460. The Labute approximate surface area is 267 Å². The van der Waals surface area contributed by atoms with Crippen molar-refractivity contribution in [2.75, 3.05) is 26.2 Å². The molecule has 2 fully saturated rings. The van der Waals surface area contributed by atoms with Crippen molar-refractivity contribution in [2.24, 2.45) is 5.73 Å². The molecule has 1 saturated carbocycles. The van der Waals surface area contributed by atoms with Crippen LogP contribution in [0.4, 0.5) is 0 Å². The van der Waals surface area contributed by atoms with E-state index in [0.717, 1.165) is 29.5 Å². The van der Waals surface area contributed by atoms with E-state index in [4.69, 9.17) is 28.9 Å². The molecule has 1 atom stereocenters. The number of benzene rings is 3. The number of carbonyl (C=O) groups is 4. The van der Waals surface area contributed by atoms with Crippen LogP contribution in [-0.2, 0) is 25.6 Å². The van der Waals surface area contributed by atoms with Gasteiger partial charge in [-0.3, -0.25) is 19.2 Å². The van der Waals surface area contributed by atoms with Gasteiger partial charge >= 0.3 is 0 Å². The van der Waals surface area contributed by atoms with Crippen molar-refractivity contribution in [2.45, 2.75) is 50.1 Å². The van der Waals surface area contributed by atoms with Crippen molar-refractivity contribution < 1.29 is 19.2 Å². The molecule has 1 saturated heterocycles. The second-order valence-electron chi connectivity index (χ2n) is 11.4. The molecule has 2 N–H and O–H groups in total. The zero-order chi connectivity index (χ0) is 31.2. The van der Waals surface area contributed by atoms with E-state index in [1.165, 1.54) is 9.80 Å². The zero-order valence-electron chi connectivity index (χ0n) is 24.4. The van der Waals surface area contributed by atoms with E-state index in [0.29, 0.717) is 22.9 Å². The van der Waals surface area contributed by atoms with E-state index in [9.17, 15) is 19.2 Å². The van der Waals surface area contributed by atoms with Crippen LogP contribution in [0.2, 0.25) is 10.0 Å². The Morgan fingerprint density at radius 2 is 1.52 bits per heavy atom. The van der Waals surface area contributed by atoms with Crippen molar-refractivity contribution in [1.82, 2.24) is 14.7 Å². The summed E-state index contributed by atoms with van der Waals surface area (Å²) in [5.74, 6) is -1.69. The number of amides is 4. The summed E-state index contributed by atoms with van der Waals surface area (Å²) in [5, 5.41) is 0.998. The standard InChI is InChI=1S/C34H36Cl2N4O4/c35-26-12-11-25(29(36)19-26)15-17-38-22-33(43)39(30(20-32(38)42)34(44)40(21-31(37)41)27-13-14-27)18-16-28(23-7-3-1-4-8-23)24-9-5-2-6-10-24/h1-12,19,27-28,30H,13-18,20-22H2,(H2,37,41). The lowest BCUT2D eigenvalue weighted by molar-refractivity contribution is -0.147. The monoisotopic (exact) mass is 634 g/mol. The van der Waals surface area contributed by atoms with Crippen LogP contribution in [0.5, 0.6) is 0 Å². The predicted molar refractivity (Wildman–Crippen MR) is 170 cm³/mol. The minimum atomic E-state index is -1.04. The summed E-state index contributed by atoms with van der Waals surface area (Å²) >= 11 is 12.4. The average Bonchev–Trinajstić information content (AvgIpc) is 3.86. The summed E-state index contributed by atoms with van der Waals surface area (Å²) in [5.41, 5.74) is 8.49. The molecule has 3 aromatic rings. The summed E-state index contributed by atoms with van der Waals surface area (Å²) < 4.78 is 0. The van der Waals surface area contributed by atoms with Crippen molar-refractivity contribution in [1.29, 1.82) is 0 Å². The molecule has 3 aromatic carbocycles. The maximum absolute atomic E-state index is 14.0. The number of hydrogen-bond acceptors (Lipinski definition) is 4. The van der Waals surface area contributed by atoms with Gasteiger partial charge in [0.15, 0.2) is 0 Å². The molecule has 0 radical (unpaired) electrons. The lowest BCUT2D eigenvalue weighted by Crippen LogP contribution is -2.53. The molecule has 5 rings (SSSR count). The Morgan fingerprint density at radius 1 is 0.886 bits per heavy atom. The number of hydrogen-bond donors (Lipinski definition) is 1. The third-order valence-electron chi connectivity index (χ3n) is 8.35. The number of primary amides is 1. The van der Waals surface area contributed by atoms with Crippen molar-refractivity contribution in [3.05, 3.63) is 106 Å². The minimum absolute atomic E-state index is 0.0341. The molecule has 1 unspecified atom stereocenters. The molecule has 1 aliphatic carbocycles. The number of halogens is 2. The van der Waals surface area contributed by atoms with Crippen molar-refractivity contribution >= 4 is 46.8 Å². The van der Waals surface area contributed by atoms with Crippen molar-refractivity contribution in [3.8, 4) is 0 Å². The molecule has 2 aliphatic rings. The Balaban J connectivity index is 1.41. The van der Waals surface area contributed by atoms with Crippen LogP contribution in [0.3, 0.4) is 0 Å². The van der Waals surface area contributed by atoms with Gasteiger partial charge in [-0.05, 0) is 54.5 Å². The van der Waals surface area contributed by atoms with Crippen LogP contribution in [0, 0.1) is 0 Å². The van der Waals surface area contributed by atoms with Gasteiger partial charge < -0.3 is 20.4 Å². The number of rotatable bonds is 12. The molecule has 1 aliphatic heterocycles. The van der Waals surface area contributed by atoms with Crippen LogP contribution in [0.1, 0.15) is 48.3 Å². The van der Waals surface area contributed by atoms with Gasteiger partial charge in [-0.15, -0.1) is 0 Å². The lowest BCUT2D eigenvalue weighted by Gasteiger charge is -2.33. The first-order valence-corrected chi connectivity index (χ1v) is 15.7. The number of nitrogens with zero attached hydrogens (tertiary/aromatic N) is 3. The molecule has 4 amide bonds. The second-order valence-corrected chi connectivity index (χ2v) is 12.3. The van der Waals surface area contributed by atoms with Gasteiger partial charge in [0.1, 0.15) is 6.04 Å². The molecule has 10 heteroatoms. The maximum Gasteiger partial charge on any atom is 0.246 e. The van der Waals surface area contributed by atoms with Crippen LogP contribution < -0.4 is 5.73 Å². The SMILES string of the molecule is NC(=O)CN(C(=O)C1CC(=O)N(CCc2ccc(Cl)cc2Cl)CC(=O)N1CCC(c1ccccc1)c1ccccc1)C1CC1. The van der Waals surface area contributed by atoms with E-state index in [1.807, 2.05) is 36.4 Å². The summed E-state index contributed by atoms with van der Waals surface area (Å²) in [6.07, 6.45) is 2.30. The van der Waals surface area contributed by atoms with E-state index in [-0.39, 0.29) is 56.4 Å². The third-order valence-corrected chi connectivity index (χ3v) is 8.94. The van der Waals surface area contributed by atoms with Gasteiger partial charge in [0.25, 0.3) is 0 Å². The zero-order valence-corrected chi connectivity index (χ0v) is 25.9. The van der Waals surface area contributed by atoms with Gasteiger partial charge in [0.2, 0.25) is 23.6 Å². The number of carbonyl (C=O) groups excluding carboxylic acids is 4. The van der Waals surface area contributed by atoms with Crippen molar-refractivity contribution in [3.63, 3.8) is 0 Å². The largest absolute Gasteiger partial charge is 0.368 e. The van der Waals surface area contributed by atoms with Gasteiger partial charge in [0.05, 0.1) is 19.5 Å². The highest BCUT2D eigenvalue weighted by Gasteiger charge is 2.43. The summed E-state index contributed by atoms with van der Waals surface area (Å²) in [6.45, 7) is 0.105. The fourth-order valence-corrected chi connectivity index (χ4v) is 6.41.